The van der Waals surface area contributed by atoms with Gasteiger partial charge in [0.1, 0.15) is 23.0 Å². The van der Waals surface area contributed by atoms with Crippen molar-refractivity contribution in [2.75, 3.05) is 11.9 Å². The second-order valence-electron chi connectivity index (χ2n) is 13.2. The maximum Gasteiger partial charge on any atom is 0.266 e. The van der Waals surface area contributed by atoms with Gasteiger partial charge in [0.25, 0.3) is 23.6 Å². The molecule has 0 saturated heterocycles. The fourth-order valence-corrected chi connectivity index (χ4v) is 5.59. The molecule has 254 valence electrons. The number of amides is 4. The summed E-state index contributed by atoms with van der Waals surface area (Å²) >= 11 is 0. The average Bonchev–Trinajstić information content (AvgIpc) is 3.45. The zero-order valence-electron chi connectivity index (χ0n) is 28.2. The molecule has 0 aliphatic carbocycles. The van der Waals surface area contributed by atoms with Gasteiger partial charge in [-0.05, 0) is 103 Å². The highest BCUT2D eigenvalue weighted by atomic mass is 16.5. The van der Waals surface area contributed by atoms with Crippen LogP contribution in [0.4, 0.5) is 5.69 Å². The van der Waals surface area contributed by atoms with Crippen LogP contribution in [0.2, 0.25) is 0 Å². The van der Waals surface area contributed by atoms with Crippen LogP contribution in [-0.2, 0) is 5.41 Å². The molecule has 0 saturated carbocycles. The first kappa shape index (κ1) is 35.3. The second-order valence-corrected chi connectivity index (χ2v) is 13.2. The summed E-state index contributed by atoms with van der Waals surface area (Å²) in [5.41, 5.74) is 5.59. The number of rotatable bonds is 5. The summed E-state index contributed by atoms with van der Waals surface area (Å²) < 4.78 is 11.6. The Morgan fingerprint density at radius 3 is 1.50 bits per heavy atom. The van der Waals surface area contributed by atoms with E-state index in [1.54, 1.807) is 42.5 Å². The molecule has 5 aromatic carbocycles. The van der Waals surface area contributed by atoms with Gasteiger partial charge in [-0.25, -0.2) is 4.90 Å². The van der Waals surface area contributed by atoms with E-state index in [0.717, 1.165) is 16.0 Å². The topological polar surface area (TPSA) is 93.2 Å². The lowest BCUT2D eigenvalue weighted by Gasteiger charge is -2.19. The van der Waals surface area contributed by atoms with Crippen LogP contribution >= 0.6 is 0 Å². The zero-order chi connectivity index (χ0) is 35.0. The minimum absolute atomic E-state index is 0. The van der Waals surface area contributed by atoms with E-state index in [1.807, 2.05) is 80.6 Å². The van der Waals surface area contributed by atoms with Crippen LogP contribution in [0.25, 0.3) is 0 Å². The Morgan fingerprint density at radius 1 is 0.500 bits per heavy atom. The number of hydrogen-bond donors (Lipinski definition) is 0. The number of carbonyl (C=O) groups excluding carboxylic acids is 4. The van der Waals surface area contributed by atoms with Crippen molar-refractivity contribution in [1.29, 1.82) is 0 Å². The van der Waals surface area contributed by atoms with Crippen molar-refractivity contribution in [1.82, 2.24) is 4.90 Å². The predicted octanol–water partition coefficient (Wildman–Crippen LogP) is 9.53. The first-order chi connectivity index (χ1) is 23.3. The third kappa shape index (κ3) is 7.05. The highest BCUT2D eigenvalue weighted by molar-refractivity contribution is 6.34. The van der Waals surface area contributed by atoms with Gasteiger partial charge in [-0.2, -0.15) is 0 Å². The summed E-state index contributed by atoms with van der Waals surface area (Å²) in [5, 5.41) is 0. The SMILES string of the molecule is C.CN1C(=O)c2ccc(Oc3ccc(C(C)(C)C)cc3)cc2C1=O.Cc1ccc(Oc2ccc3c(c2)C(=O)N(c2cccc(C)c2)C3=O)cc1. The number of hydrogen-bond acceptors (Lipinski definition) is 6. The standard InChI is InChI=1S/C22H17NO3.C19H19NO3.CH4/c1-14-6-8-17(9-7-14)26-18-10-11-19-20(13-18)22(25)23(21(19)24)16-5-3-4-15(2)12-16;1-19(2,3)12-5-7-13(8-6-12)23-14-9-10-15-16(11-14)18(22)20(4)17(15)21;/h3-13H,1-2H3;5-11H,1-4H3;1H4. The summed E-state index contributed by atoms with van der Waals surface area (Å²) in [4.78, 5) is 51.7. The molecule has 8 heteroatoms. The van der Waals surface area contributed by atoms with Gasteiger partial charge in [-0.15, -0.1) is 0 Å². The van der Waals surface area contributed by atoms with Crippen molar-refractivity contribution >= 4 is 29.3 Å². The molecule has 2 aliphatic rings. The summed E-state index contributed by atoms with van der Waals surface area (Å²) in [6, 6.07) is 32.8. The Morgan fingerprint density at radius 2 is 0.960 bits per heavy atom. The van der Waals surface area contributed by atoms with Crippen LogP contribution in [0, 0.1) is 13.8 Å². The van der Waals surface area contributed by atoms with Gasteiger partial charge < -0.3 is 9.47 Å². The molecular formula is C42H40N2O6. The van der Waals surface area contributed by atoms with Crippen molar-refractivity contribution in [2.24, 2.45) is 0 Å². The summed E-state index contributed by atoms with van der Waals surface area (Å²) in [6.07, 6.45) is 0. The van der Waals surface area contributed by atoms with Crippen LogP contribution in [0.15, 0.2) is 109 Å². The molecule has 0 spiro atoms. The largest absolute Gasteiger partial charge is 0.457 e. The molecule has 2 aliphatic heterocycles. The van der Waals surface area contributed by atoms with E-state index < -0.39 is 0 Å². The van der Waals surface area contributed by atoms with E-state index in [1.165, 1.54) is 17.5 Å². The molecule has 0 unspecified atom stereocenters. The van der Waals surface area contributed by atoms with E-state index in [9.17, 15) is 19.2 Å². The number of aryl methyl sites for hydroxylation is 2. The van der Waals surface area contributed by atoms with Gasteiger partial charge in [0.2, 0.25) is 0 Å². The number of ether oxygens (including phenoxy) is 2. The highest BCUT2D eigenvalue weighted by Gasteiger charge is 2.37. The zero-order valence-corrected chi connectivity index (χ0v) is 28.2. The molecule has 7 rings (SSSR count). The monoisotopic (exact) mass is 668 g/mol. The molecule has 0 radical (unpaired) electrons. The van der Waals surface area contributed by atoms with E-state index in [0.29, 0.717) is 50.9 Å². The molecule has 50 heavy (non-hydrogen) atoms. The van der Waals surface area contributed by atoms with E-state index in [4.69, 9.17) is 9.47 Å². The molecule has 0 bridgehead atoms. The van der Waals surface area contributed by atoms with Crippen LogP contribution in [-0.4, -0.2) is 35.6 Å². The first-order valence-electron chi connectivity index (χ1n) is 15.9. The average molecular weight is 669 g/mol. The molecular weight excluding hydrogens is 628 g/mol. The maximum absolute atomic E-state index is 12.8. The fraction of sp³-hybridized carbons (Fsp3) is 0.190. The van der Waals surface area contributed by atoms with Gasteiger partial charge >= 0.3 is 0 Å². The molecule has 0 atom stereocenters. The molecule has 0 aromatic heterocycles. The van der Waals surface area contributed by atoms with Gasteiger partial charge in [0.15, 0.2) is 0 Å². The molecule has 2 heterocycles. The van der Waals surface area contributed by atoms with E-state index in [2.05, 4.69) is 20.8 Å². The van der Waals surface area contributed by atoms with Gasteiger partial charge in [-0.1, -0.05) is 70.2 Å². The number of nitrogens with zero attached hydrogens (tertiary/aromatic N) is 2. The van der Waals surface area contributed by atoms with Crippen LogP contribution in [0.3, 0.4) is 0 Å². The number of anilines is 1. The summed E-state index contributed by atoms with van der Waals surface area (Å²) in [7, 11) is 1.48. The lowest BCUT2D eigenvalue weighted by molar-refractivity contribution is 0.0692. The molecule has 0 N–H and O–H groups in total. The minimum atomic E-state index is -0.329. The smallest absolute Gasteiger partial charge is 0.266 e. The highest BCUT2D eigenvalue weighted by Crippen LogP contribution is 2.33. The van der Waals surface area contributed by atoms with Gasteiger partial charge in [0.05, 0.1) is 27.9 Å². The Kier molecular flexibility index (Phi) is 9.77. The molecule has 0 fully saturated rings. The Labute approximate surface area is 292 Å². The van der Waals surface area contributed by atoms with E-state index >= 15 is 0 Å². The Bertz CT molecular complexity index is 2110. The first-order valence-corrected chi connectivity index (χ1v) is 15.9. The quantitative estimate of drug-likeness (QED) is 0.173. The third-order valence-corrected chi connectivity index (χ3v) is 8.39. The Balaban J connectivity index is 0.000000192. The number of carbonyl (C=O) groups is 4. The van der Waals surface area contributed by atoms with E-state index in [-0.39, 0.29) is 36.5 Å². The Hall–Kier alpha value is -6.02. The second kappa shape index (κ2) is 13.8. The molecule has 8 nitrogen and oxygen atoms in total. The molecule has 4 amide bonds. The van der Waals surface area contributed by atoms with Crippen LogP contribution in [0.5, 0.6) is 23.0 Å². The predicted molar refractivity (Wildman–Crippen MR) is 195 cm³/mol. The van der Waals surface area contributed by atoms with Gasteiger partial charge in [0, 0.05) is 7.05 Å². The fourth-order valence-electron chi connectivity index (χ4n) is 5.59. The summed E-state index contributed by atoms with van der Waals surface area (Å²) in [6.45, 7) is 10.4. The maximum atomic E-state index is 12.8. The van der Waals surface area contributed by atoms with Crippen molar-refractivity contribution in [3.63, 3.8) is 0 Å². The summed E-state index contributed by atoms with van der Waals surface area (Å²) in [5.74, 6) is 1.25. The van der Waals surface area contributed by atoms with Crippen molar-refractivity contribution in [3.05, 3.63) is 148 Å². The normalized spacial score (nSPS) is 13.3. The number of fused-ring (bicyclic) bond motifs is 2. The minimum Gasteiger partial charge on any atom is -0.457 e. The lowest BCUT2D eigenvalue weighted by Crippen LogP contribution is -2.29. The number of benzene rings is 5. The van der Waals surface area contributed by atoms with Crippen LogP contribution in [0.1, 0.15) is 86.3 Å². The van der Waals surface area contributed by atoms with Crippen molar-refractivity contribution in [2.45, 2.75) is 47.5 Å². The van der Waals surface area contributed by atoms with Crippen LogP contribution < -0.4 is 14.4 Å². The van der Waals surface area contributed by atoms with Gasteiger partial charge in [-0.3, -0.25) is 24.1 Å². The lowest BCUT2D eigenvalue weighted by atomic mass is 9.87. The van der Waals surface area contributed by atoms with Crippen molar-refractivity contribution in [3.8, 4) is 23.0 Å². The third-order valence-electron chi connectivity index (χ3n) is 8.39. The number of imide groups is 2. The molecule has 5 aromatic rings. The van der Waals surface area contributed by atoms with Crippen molar-refractivity contribution < 1.29 is 28.7 Å².